The van der Waals surface area contributed by atoms with Gasteiger partial charge in [0.1, 0.15) is 5.82 Å². The van der Waals surface area contributed by atoms with Gasteiger partial charge < -0.3 is 15.6 Å². The summed E-state index contributed by atoms with van der Waals surface area (Å²) >= 11 is 0. The van der Waals surface area contributed by atoms with E-state index in [1.165, 1.54) is 22.0 Å². The minimum atomic E-state index is 0.633. The Bertz CT molecular complexity index is 1040. The van der Waals surface area contributed by atoms with Crippen molar-refractivity contribution in [3.8, 4) is 0 Å². The average molecular weight is 357 g/mol. The van der Waals surface area contributed by atoms with Gasteiger partial charge in [-0.3, -0.25) is 0 Å². The van der Waals surface area contributed by atoms with Crippen LogP contribution in [0.25, 0.3) is 10.9 Å². The second-order valence-corrected chi connectivity index (χ2v) is 6.44. The molecule has 4 rings (SSSR count). The van der Waals surface area contributed by atoms with Crippen LogP contribution in [0.15, 0.2) is 67.0 Å². The summed E-state index contributed by atoms with van der Waals surface area (Å²) in [6.07, 6.45) is 5.73. The fourth-order valence-electron chi connectivity index (χ4n) is 3.25. The number of hydrogen-bond acceptors (Lipinski definition) is 4. The van der Waals surface area contributed by atoms with E-state index in [1.807, 2.05) is 18.2 Å². The molecule has 0 bridgehead atoms. The van der Waals surface area contributed by atoms with Gasteiger partial charge >= 0.3 is 0 Å². The Labute approximate surface area is 158 Å². The van der Waals surface area contributed by atoms with Crippen molar-refractivity contribution in [3.63, 3.8) is 0 Å². The van der Waals surface area contributed by atoms with Crippen molar-refractivity contribution in [1.82, 2.24) is 15.0 Å². The molecule has 2 aromatic carbocycles. The summed E-state index contributed by atoms with van der Waals surface area (Å²) in [5.41, 5.74) is 4.82. The number of para-hydroxylation sites is 2. The molecule has 0 fully saturated rings. The van der Waals surface area contributed by atoms with E-state index in [4.69, 9.17) is 0 Å². The van der Waals surface area contributed by atoms with Gasteiger partial charge in [0.15, 0.2) is 0 Å². The molecule has 0 saturated heterocycles. The summed E-state index contributed by atoms with van der Waals surface area (Å²) in [6, 6.07) is 18.5. The van der Waals surface area contributed by atoms with Gasteiger partial charge in [0.05, 0.1) is 0 Å². The van der Waals surface area contributed by atoms with E-state index in [0.29, 0.717) is 5.95 Å². The molecule has 4 aromatic rings. The van der Waals surface area contributed by atoms with Crippen LogP contribution in [0.1, 0.15) is 18.1 Å². The molecule has 0 saturated carbocycles. The molecule has 2 heterocycles. The maximum absolute atomic E-state index is 4.58. The predicted octanol–water partition coefficient (Wildman–Crippen LogP) is 4.92. The van der Waals surface area contributed by atoms with Gasteiger partial charge in [0, 0.05) is 35.5 Å². The molecule has 0 amide bonds. The lowest BCUT2D eigenvalue weighted by molar-refractivity contribution is 0.991. The highest BCUT2D eigenvalue weighted by Crippen LogP contribution is 2.21. The fraction of sp³-hybridized carbons (Fsp3) is 0.182. The molecule has 3 N–H and O–H groups in total. The zero-order chi connectivity index (χ0) is 18.5. The normalized spacial score (nSPS) is 10.9. The molecule has 136 valence electrons. The Morgan fingerprint density at radius 1 is 0.963 bits per heavy atom. The highest BCUT2D eigenvalue weighted by atomic mass is 15.1. The van der Waals surface area contributed by atoms with E-state index < -0.39 is 0 Å². The molecule has 27 heavy (non-hydrogen) atoms. The third kappa shape index (κ3) is 3.92. The van der Waals surface area contributed by atoms with Crippen LogP contribution in [0.4, 0.5) is 17.5 Å². The average Bonchev–Trinajstić information content (AvgIpc) is 3.12. The van der Waals surface area contributed by atoms with E-state index in [0.717, 1.165) is 30.9 Å². The van der Waals surface area contributed by atoms with Crippen LogP contribution in [-0.2, 0) is 12.8 Å². The SMILES string of the molecule is CCc1ccccc1Nc1ccnc(NCCc2c[nH]c3ccccc23)n1. The van der Waals surface area contributed by atoms with Crippen molar-refractivity contribution in [3.05, 3.63) is 78.1 Å². The molecular formula is C22H23N5. The molecule has 0 aliphatic heterocycles. The summed E-state index contributed by atoms with van der Waals surface area (Å²) in [6.45, 7) is 2.93. The number of hydrogen-bond donors (Lipinski definition) is 3. The van der Waals surface area contributed by atoms with E-state index in [2.05, 4.69) is 75.1 Å². The van der Waals surface area contributed by atoms with Crippen LogP contribution >= 0.6 is 0 Å². The smallest absolute Gasteiger partial charge is 0.224 e. The van der Waals surface area contributed by atoms with Crippen LogP contribution in [0.3, 0.4) is 0 Å². The largest absolute Gasteiger partial charge is 0.361 e. The maximum atomic E-state index is 4.58. The van der Waals surface area contributed by atoms with E-state index in [-0.39, 0.29) is 0 Å². The fourth-order valence-corrected chi connectivity index (χ4v) is 3.25. The molecule has 2 aromatic heterocycles. The van der Waals surface area contributed by atoms with Gasteiger partial charge in [-0.25, -0.2) is 4.98 Å². The number of rotatable bonds is 7. The zero-order valence-electron chi connectivity index (χ0n) is 15.4. The molecule has 0 spiro atoms. The van der Waals surface area contributed by atoms with Crippen molar-refractivity contribution >= 4 is 28.4 Å². The lowest BCUT2D eigenvalue weighted by Gasteiger charge is -2.11. The first-order chi connectivity index (χ1) is 13.3. The molecule has 0 atom stereocenters. The Morgan fingerprint density at radius 2 is 1.81 bits per heavy atom. The number of anilines is 3. The Kier molecular flexibility index (Phi) is 5.01. The van der Waals surface area contributed by atoms with Crippen molar-refractivity contribution in [2.75, 3.05) is 17.2 Å². The number of nitrogens with one attached hydrogen (secondary N) is 3. The zero-order valence-corrected chi connectivity index (χ0v) is 15.4. The monoisotopic (exact) mass is 357 g/mol. The first-order valence-electron chi connectivity index (χ1n) is 9.30. The second-order valence-electron chi connectivity index (χ2n) is 6.44. The van der Waals surface area contributed by atoms with Gasteiger partial charge in [-0.15, -0.1) is 0 Å². The molecule has 0 aliphatic rings. The number of H-pyrrole nitrogens is 1. The Balaban J connectivity index is 1.41. The van der Waals surface area contributed by atoms with Crippen LogP contribution in [0, 0.1) is 0 Å². The van der Waals surface area contributed by atoms with Gasteiger partial charge in [-0.05, 0) is 42.2 Å². The lowest BCUT2D eigenvalue weighted by atomic mass is 10.1. The van der Waals surface area contributed by atoms with Crippen LogP contribution in [0.2, 0.25) is 0 Å². The minimum absolute atomic E-state index is 0.633. The van der Waals surface area contributed by atoms with Crippen LogP contribution in [-0.4, -0.2) is 21.5 Å². The summed E-state index contributed by atoms with van der Waals surface area (Å²) < 4.78 is 0. The third-order valence-electron chi connectivity index (χ3n) is 4.67. The molecule has 0 radical (unpaired) electrons. The van der Waals surface area contributed by atoms with Crippen molar-refractivity contribution < 1.29 is 0 Å². The predicted molar refractivity (Wildman–Crippen MR) is 112 cm³/mol. The number of fused-ring (bicyclic) bond motifs is 1. The molecule has 0 aliphatic carbocycles. The summed E-state index contributed by atoms with van der Waals surface area (Å²) in [7, 11) is 0. The standard InChI is InChI=1S/C22H23N5/c1-2-16-7-3-5-9-19(16)26-21-12-14-24-22(27-21)23-13-11-17-15-25-20-10-6-4-8-18(17)20/h3-10,12,14-15,25H,2,11,13H2,1H3,(H2,23,24,26,27). The van der Waals surface area contributed by atoms with Crippen molar-refractivity contribution in [1.29, 1.82) is 0 Å². The summed E-state index contributed by atoms with van der Waals surface area (Å²) in [5, 5.41) is 7.99. The minimum Gasteiger partial charge on any atom is -0.361 e. The highest BCUT2D eigenvalue weighted by molar-refractivity contribution is 5.83. The van der Waals surface area contributed by atoms with Crippen LogP contribution < -0.4 is 10.6 Å². The Morgan fingerprint density at radius 3 is 2.74 bits per heavy atom. The van der Waals surface area contributed by atoms with Gasteiger partial charge in [-0.1, -0.05) is 43.3 Å². The third-order valence-corrected chi connectivity index (χ3v) is 4.67. The van der Waals surface area contributed by atoms with E-state index >= 15 is 0 Å². The van der Waals surface area contributed by atoms with Crippen molar-refractivity contribution in [2.24, 2.45) is 0 Å². The van der Waals surface area contributed by atoms with E-state index in [1.54, 1.807) is 6.20 Å². The van der Waals surface area contributed by atoms with E-state index in [9.17, 15) is 0 Å². The van der Waals surface area contributed by atoms with Gasteiger partial charge in [0.25, 0.3) is 0 Å². The van der Waals surface area contributed by atoms with Crippen molar-refractivity contribution in [2.45, 2.75) is 19.8 Å². The summed E-state index contributed by atoms with van der Waals surface area (Å²) in [4.78, 5) is 12.2. The number of nitrogens with zero attached hydrogens (tertiary/aromatic N) is 2. The number of benzene rings is 2. The van der Waals surface area contributed by atoms with Gasteiger partial charge in [-0.2, -0.15) is 4.98 Å². The first-order valence-corrected chi connectivity index (χ1v) is 9.30. The maximum Gasteiger partial charge on any atom is 0.224 e. The highest BCUT2D eigenvalue weighted by Gasteiger charge is 2.05. The molecule has 5 heteroatoms. The number of aromatic amines is 1. The Hall–Kier alpha value is -3.34. The topological polar surface area (TPSA) is 65.6 Å². The molecular weight excluding hydrogens is 334 g/mol. The molecule has 0 unspecified atom stereocenters. The van der Waals surface area contributed by atoms with Crippen LogP contribution in [0.5, 0.6) is 0 Å². The first kappa shape index (κ1) is 17.1. The number of aromatic nitrogens is 3. The quantitative estimate of drug-likeness (QED) is 0.439. The summed E-state index contributed by atoms with van der Waals surface area (Å²) in [5.74, 6) is 1.43. The second kappa shape index (κ2) is 7.91. The molecule has 5 nitrogen and oxygen atoms in total. The lowest BCUT2D eigenvalue weighted by Crippen LogP contribution is -2.08. The number of aryl methyl sites for hydroxylation is 1. The van der Waals surface area contributed by atoms with Gasteiger partial charge in [0.2, 0.25) is 5.95 Å².